The zero-order chi connectivity index (χ0) is 17.4. The Bertz CT molecular complexity index is 774. The molecule has 0 radical (unpaired) electrons. The van der Waals surface area contributed by atoms with E-state index in [0.29, 0.717) is 0 Å². The van der Waals surface area contributed by atoms with Crippen LogP contribution in [0.1, 0.15) is 41.9 Å². The molecule has 1 N–H and O–H groups in total. The molecule has 4 rings (SSSR count). The number of aromatic nitrogens is 2. The van der Waals surface area contributed by atoms with Crippen molar-refractivity contribution in [1.29, 1.82) is 0 Å². The van der Waals surface area contributed by atoms with E-state index < -0.39 is 0 Å². The summed E-state index contributed by atoms with van der Waals surface area (Å²) in [5.74, 6) is 0.160. The third kappa shape index (κ3) is 2.86. The van der Waals surface area contributed by atoms with Crippen LogP contribution in [0.25, 0.3) is 0 Å². The molecular formula is C20H26N4O. The van der Waals surface area contributed by atoms with Gasteiger partial charge in [0.05, 0.1) is 12.1 Å². The van der Waals surface area contributed by atoms with Crippen LogP contribution in [0, 0.1) is 0 Å². The van der Waals surface area contributed by atoms with Gasteiger partial charge in [-0.15, -0.1) is 0 Å². The number of nitrogens with one attached hydrogen (secondary N) is 1. The predicted octanol–water partition coefficient (Wildman–Crippen LogP) is 2.19. The number of nitrogens with zero attached hydrogens (tertiary/aromatic N) is 3. The Morgan fingerprint density at radius 2 is 2.08 bits per heavy atom. The molecule has 132 valence electrons. The Morgan fingerprint density at radius 1 is 1.32 bits per heavy atom. The highest BCUT2D eigenvalue weighted by Gasteiger charge is 2.47. The summed E-state index contributed by atoms with van der Waals surface area (Å²) in [7, 11) is 3.70. The Hall–Kier alpha value is -2.14. The van der Waals surface area contributed by atoms with Gasteiger partial charge in [-0.1, -0.05) is 24.3 Å². The van der Waals surface area contributed by atoms with Crippen molar-refractivity contribution in [2.75, 3.05) is 20.1 Å². The lowest BCUT2D eigenvalue weighted by Crippen LogP contribution is -2.41. The summed E-state index contributed by atoms with van der Waals surface area (Å²) in [5, 5.41) is 7.12. The minimum atomic E-state index is 0.00562. The fraction of sp³-hybridized carbons (Fsp3) is 0.500. The quantitative estimate of drug-likeness (QED) is 0.933. The fourth-order valence-corrected chi connectivity index (χ4v) is 4.73. The van der Waals surface area contributed by atoms with Crippen LogP contribution < -0.4 is 5.32 Å². The molecule has 1 spiro atoms. The number of piperidine rings is 1. The molecule has 1 unspecified atom stereocenters. The van der Waals surface area contributed by atoms with Crippen LogP contribution in [0.4, 0.5) is 0 Å². The van der Waals surface area contributed by atoms with Crippen molar-refractivity contribution in [3.05, 3.63) is 53.3 Å². The second-order valence-corrected chi connectivity index (χ2v) is 7.54. The van der Waals surface area contributed by atoms with Crippen molar-refractivity contribution < 1.29 is 4.79 Å². The van der Waals surface area contributed by atoms with Gasteiger partial charge in [-0.3, -0.25) is 14.4 Å². The molecule has 1 amide bonds. The normalized spacial score (nSPS) is 22.1. The van der Waals surface area contributed by atoms with Gasteiger partial charge in [0.15, 0.2) is 0 Å². The zero-order valence-corrected chi connectivity index (χ0v) is 15.0. The van der Waals surface area contributed by atoms with Gasteiger partial charge in [0.2, 0.25) is 5.91 Å². The molecule has 1 aromatic carbocycles. The maximum Gasteiger partial charge on any atom is 0.227 e. The first-order valence-corrected chi connectivity index (χ1v) is 9.12. The molecule has 2 aromatic rings. The lowest BCUT2D eigenvalue weighted by molar-refractivity contribution is -0.122. The molecule has 1 aliphatic heterocycles. The summed E-state index contributed by atoms with van der Waals surface area (Å²) >= 11 is 0. The van der Waals surface area contributed by atoms with Crippen LogP contribution in [0.2, 0.25) is 0 Å². The van der Waals surface area contributed by atoms with E-state index in [-0.39, 0.29) is 17.2 Å². The van der Waals surface area contributed by atoms with Gasteiger partial charge in [0, 0.05) is 32.4 Å². The summed E-state index contributed by atoms with van der Waals surface area (Å²) in [6, 6.07) is 8.57. The minimum Gasteiger partial charge on any atom is -0.359 e. The Balaban J connectivity index is 1.51. The van der Waals surface area contributed by atoms with Crippen LogP contribution >= 0.6 is 0 Å². The monoisotopic (exact) mass is 338 g/mol. The number of hydrogen-bond acceptors (Lipinski definition) is 3. The van der Waals surface area contributed by atoms with E-state index in [2.05, 4.69) is 45.8 Å². The van der Waals surface area contributed by atoms with E-state index in [9.17, 15) is 4.79 Å². The molecule has 5 heteroatoms. The molecule has 2 aliphatic rings. The first-order valence-electron chi connectivity index (χ1n) is 9.12. The summed E-state index contributed by atoms with van der Waals surface area (Å²) in [5.41, 5.74) is 4.08. The van der Waals surface area contributed by atoms with Crippen molar-refractivity contribution in [2.45, 2.75) is 37.1 Å². The molecule has 1 fully saturated rings. The van der Waals surface area contributed by atoms with E-state index in [1.807, 2.05) is 17.9 Å². The molecule has 1 aromatic heterocycles. The zero-order valence-electron chi connectivity index (χ0n) is 15.0. The van der Waals surface area contributed by atoms with Crippen LogP contribution in [-0.4, -0.2) is 40.7 Å². The van der Waals surface area contributed by atoms with E-state index >= 15 is 0 Å². The molecule has 5 nitrogen and oxygen atoms in total. The van der Waals surface area contributed by atoms with Gasteiger partial charge >= 0.3 is 0 Å². The summed E-state index contributed by atoms with van der Waals surface area (Å²) in [6.07, 6.45) is 7.25. The number of rotatable bonds is 3. The Labute approximate surface area is 149 Å². The average molecular weight is 338 g/mol. The highest BCUT2D eigenvalue weighted by molar-refractivity contribution is 5.85. The highest BCUT2D eigenvalue weighted by Crippen LogP contribution is 2.51. The number of hydrogen-bond donors (Lipinski definition) is 1. The topological polar surface area (TPSA) is 50.2 Å². The van der Waals surface area contributed by atoms with Crippen LogP contribution in [0.15, 0.2) is 36.7 Å². The first kappa shape index (κ1) is 16.3. The molecule has 1 saturated heterocycles. The Morgan fingerprint density at radius 3 is 2.76 bits per heavy atom. The van der Waals surface area contributed by atoms with Crippen molar-refractivity contribution in [3.63, 3.8) is 0 Å². The minimum absolute atomic E-state index is 0.00562. The second-order valence-electron chi connectivity index (χ2n) is 7.54. The van der Waals surface area contributed by atoms with E-state index in [1.54, 1.807) is 7.05 Å². The maximum absolute atomic E-state index is 12.4. The number of likely N-dealkylation sites (tertiary alicyclic amines) is 1. The van der Waals surface area contributed by atoms with E-state index in [1.165, 1.54) is 16.7 Å². The standard InChI is InChI=1S/C20H26N4O/c1-21-19(25)17-11-20(18-6-4-3-5-16(17)18)7-9-24(10-8-20)14-15-12-22-23(2)13-15/h3-6,12-13,17H,7-11,14H2,1-2H3,(H,21,25). The summed E-state index contributed by atoms with van der Waals surface area (Å²) in [4.78, 5) is 14.9. The fourth-order valence-electron chi connectivity index (χ4n) is 4.73. The number of amides is 1. The molecular weight excluding hydrogens is 312 g/mol. The number of carbonyl (C=O) groups excluding carboxylic acids is 1. The number of aryl methyl sites for hydroxylation is 1. The van der Waals surface area contributed by atoms with Gasteiger partial charge in [-0.25, -0.2) is 0 Å². The lowest BCUT2D eigenvalue weighted by Gasteiger charge is -2.40. The smallest absolute Gasteiger partial charge is 0.227 e. The molecule has 25 heavy (non-hydrogen) atoms. The maximum atomic E-state index is 12.4. The third-order valence-electron chi connectivity index (χ3n) is 6.04. The highest BCUT2D eigenvalue weighted by atomic mass is 16.1. The van der Waals surface area contributed by atoms with Gasteiger partial charge in [-0.05, 0) is 48.9 Å². The van der Waals surface area contributed by atoms with Gasteiger partial charge in [0.25, 0.3) is 0 Å². The number of carbonyl (C=O) groups is 1. The second kappa shape index (κ2) is 6.30. The van der Waals surface area contributed by atoms with Crippen LogP contribution in [0.5, 0.6) is 0 Å². The van der Waals surface area contributed by atoms with Crippen molar-refractivity contribution >= 4 is 5.91 Å². The third-order valence-corrected chi connectivity index (χ3v) is 6.04. The summed E-state index contributed by atoms with van der Waals surface area (Å²) < 4.78 is 1.86. The molecule has 2 heterocycles. The van der Waals surface area contributed by atoms with Gasteiger partial charge < -0.3 is 5.32 Å². The van der Waals surface area contributed by atoms with Crippen molar-refractivity contribution in [3.8, 4) is 0 Å². The van der Waals surface area contributed by atoms with Crippen LogP contribution in [0.3, 0.4) is 0 Å². The summed E-state index contributed by atoms with van der Waals surface area (Å²) in [6.45, 7) is 3.11. The average Bonchev–Trinajstić information content (AvgIpc) is 3.19. The van der Waals surface area contributed by atoms with Crippen LogP contribution in [-0.2, 0) is 23.8 Å². The molecule has 1 aliphatic carbocycles. The van der Waals surface area contributed by atoms with E-state index in [0.717, 1.165) is 38.9 Å². The molecule has 0 bridgehead atoms. The SMILES string of the molecule is CNC(=O)C1CC2(CCN(Cc3cnn(C)c3)CC2)c2ccccc21. The number of benzene rings is 1. The predicted molar refractivity (Wildman–Crippen MR) is 97.3 cm³/mol. The van der Waals surface area contributed by atoms with Gasteiger partial charge in [-0.2, -0.15) is 5.10 Å². The molecule has 0 saturated carbocycles. The Kier molecular flexibility index (Phi) is 4.12. The van der Waals surface area contributed by atoms with Crippen molar-refractivity contribution in [2.24, 2.45) is 7.05 Å². The van der Waals surface area contributed by atoms with Gasteiger partial charge in [0.1, 0.15) is 0 Å². The number of likely N-dealkylation sites (N-methyl/N-ethyl adjacent to an activating group) is 1. The first-order chi connectivity index (χ1) is 12.1. The lowest BCUT2D eigenvalue weighted by atomic mass is 9.73. The van der Waals surface area contributed by atoms with Crippen molar-refractivity contribution in [1.82, 2.24) is 20.0 Å². The largest absolute Gasteiger partial charge is 0.359 e. The molecule has 1 atom stereocenters. The number of fused-ring (bicyclic) bond motifs is 2. The van der Waals surface area contributed by atoms with E-state index in [4.69, 9.17) is 0 Å².